The van der Waals surface area contributed by atoms with E-state index in [1.165, 1.54) is 0 Å². The monoisotopic (exact) mass is 260 g/mol. The van der Waals surface area contributed by atoms with Crippen molar-refractivity contribution in [1.82, 2.24) is 10.2 Å². The molecule has 1 saturated heterocycles. The van der Waals surface area contributed by atoms with Crippen molar-refractivity contribution in [2.45, 2.75) is 25.7 Å². The summed E-state index contributed by atoms with van der Waals surface area (Å²) in [5.41, 5.74) is 1.05. The molecule has 2 amide bonds. The Labute approximate surface area is 113 Å². The summed E-state index contributed by atoms with van der Waals surface area (Å²) in [7, 11) is 0. The number of hydrogen-bond donors (Lipinski definition) is 1. The van der Waals surface area contributed by atoms with Crippen LogP contribution in [0.1, 0.15) is 31.2 Å². The molecule has 1 atom stereocenters. The normalized spacial score (nSPS) is 17.5. The minimum atomic E-state index is -0.102. The van der Waals surface area contributed by atoms with Crippen LogP contribution in [0.4, 0.5) is 0 Å². The molecule has 1 fully saturated rings. The molecule has 1 aliphatic heterocycles. The highest BCUT2D eigenvalue weighted by molar-refractivity contribution is 5.85. The lowest BCUT2D eigenvalue weighted by molar-refractivity contribution is -0.132. The highest BCUT2D eigenvalue weighted by Gasteiger charge is 2.25. The van der Waals surface area contributed by atoms with Crippen LogP contribution in [0.25, 0.3) is 0 Å². The fourth-order valence-electron chi connectivity index (χ4n) is 2.45. The second-order valence-electron chi connectivity index (χ2n) is 4.80. The van der Waals surface area contributed by atoms with Crippen molar-refractivity contribution < 1.29 is 9.59 Å². The van der Waals surface area contributed by atoms with E-state index in [-0.39, 0.29) is 17.7 Å². The molecule has 19 heavy (non-hydrogen) atoms. The summed E-state index contributed by atoms with van der Waals surface area (Å²) in [5, 5.41) is 2.79. The molecular weight excluding hydrogens is 240 g/mol. The number of benzene rings is 1. The summed E-state index contributed by atoms with van der Waals surface area (Å²) in [5.74, 6) is 0.0580. The lowest BCUT2D eigenvalue weighted by Crippen LogP contribution is -2.37. The van der Waals surface area contributed by atoms with Crippen LogP contribution in [0.3, 0.4) is 0 Å². The molecule has 0 aromatic heterocycles. The molecule has 0 bridgehead atoms. The molecule has 4 heteroatoms. The molecule has 2 rings (SSSR count). The molecule has 0 spiro atoms. The average Bonchev–Trinajstić information content (AvgIpc) is 2.65. The van der Waals surface area contributed by atoms with E-state index in [0.717, 1.165) is 12.0 Å². The lowest BCUT2D eigenvalue weighted by atomic mass is 9.95. The van der Waals surface area contributed by atoms with Gasteiger partial charge in [0.05, 0.1) is 5.92 Å². The number of carbonyl (C=O) groups excluding carboxylic acids is 2. The standard InChI is InChI=1S/C15H20N2O2/c1-2-13(12-6-4-3-5-7-12)15(19)17-10-8-14(18)16-9-11-17/h3-7,13H,2,8-11H2,1H3,(H,16,18). The minimum absolute atomic E-state index is 0.0306. The van der Waals surface area contributed by atoms with Crippen LogP contribution in [0, 0.1) is 0 Å². The number of amides is 2. The highest BCUT2D eigenvalue weighted by atomic mass is 16.2. The molecule has 102 valence electrons. The smallest absolute Gasteiger partial charge is 0.230 e. The van der Waals surface area contributed by atoms with Gasteiger partial charge in [-0.15, -0.1) is 0 Å². The second-order valence-corrected chi connectivity index (χ2v) is 4.80. The first-order valence-corrected chi connectivity index (χ1v) is 6.82. The molecule has 0 aliphatic carbocycles. The SMILES string of the molecule is CCC(C(=O)N1CCNC(=O)CC1)c1ccccc1. The number of carbonyl (C=O) groups is 2. The first-order chi connectivity index (χ1) is 9.22. The van der Waals surface area contributed by atoms with Crippen LogP contribution in [-0.4, -0.2) is 36.3 Å². The van der Waals surface area contributed by atoms with Crippen LogP contribution in [0.2, 0.25) is 0 Å². The Bertz CT molecular complexity index is 445. The molecule has 1 heterocycles. The van der Waals surface area contributed by atoms with Gasteiger partial charge in [0.15, 0.2) is 0 Å². The predicted octanol–water partition coefficient (Wildman–Crippen LogP) is 1.53. The zero-order chi connectivity index (χ0) is 13.7. The van der Waals surface area contributed by atoms with Crippen LogP contribution >= 0.6 is 0 Å². The molecule has 1 N–H and O–H groups in total. The van der Waals surface area contributed by atoms with Crippen LogP contribution < -0.4 is 5.32 Å². The van der Waals surface area contributed by atoms with Gasteiger partial charge in [0, 0.05) is 26.1 Å². The molecule has 0 saturated carbocycles. The molecule has 0 radical (unpaired) electrons. The van der Waals surface area contributed by atoms with E-state index < -0.39 is 0 Å². The van der Waals surface area contributed by atoms with Gasteiger partial charge in [-0.05, 0) is 12.0 Å². The van der Waals surface area contributed by atoms with E-state index in [0.29, 0.717) is 26.1 Å². The number of nitrogens with one attached hydrogen (secondary N) is 1. The van der Waals surface area contributed by atoms with Gasteiger partial charge in [-0.3, -0.25) is 9.59 Å². The zero-order valence-corrected chi connectivity index (χ0v) is 11.3. The molecule has 1 aliphatic rings. The Kier molecular flexibility index (Phi) is 4.55. The maximum atomic E-state index is 12.6. The van der Waals surface area contributed by atoms with Crippen LogP contribution in [-0.2, 0) is 9.59 Å². The largest absolute Gasteiger partial charge is 0.354 e. The Morgan fingerprint density at radius 1 is 1.32 bits per heavy atom. The second kappa shape index (κ2) is 6.36. The van der Waals surface area contributed by atoms with Crippen molar-refractivity contribution in [2.24, 2.45) is 0 Å². The van der Waals surface area contributed by atoms with Gasteiger partial charge >= 0.3 is 0 Å². The third-order valence-electron chi connectivity index (χ3n) is 3.53. The Hall–Kier alpha value is -1.84. The quantitative estimate of drug-likeness (QED) is 0.896. The van der Waals surface area contributed by atoms with Crippen LogP contribution in [0.5, 0.6) is 0 Å². The van der Waals surface area contributed by atoms with Crippen molar-refractivity contribution in [1.29, 1.82) is 0 Å². The van der Waals surface area contributed by atoms with Crippen molar-refractivity contribution in [3.8, 4) is 0 Å². The van der Waals surface area contributed by atoms with Crippen molar-refractivity contribution in [3.63, 3.8) is 0 Å². The number of nitrogens with zero attached hydrogens (tertiary/aromatic N) is 1. The summed E-state index contributed by atoms with van der Waals surface area (Å²) in [6, 6.07) is 9.85. The van der Waals surface area contributed by atoms with E-state index in [4.69, 9.17) is 0 Å². The Morgan fingerprint density at radius 2 is 2.05 bits per heavy atom. The van der Waals surface area contributed by atoms with Crippen molar-refractivity contribution in [3.05, 3.63) is 35.9 Å². The molecule has 4 nitrogen and oxygen atoms in total. The third-order valence-corrected chi connectivity index (χ3v) is 3.53. The third kappa shape index (κ3) is 3.34. The van der Waals surface area contributed by atoms with E-state index >= 15 is 0 Å². The van der Waals surface area contributed by atoms with Crippen LogP contribution in [0.15, 0.2) is 30.3 Å². The first kappa shape index (κ1) is 13.6. The summed E-state index contributed by atoms with van der Waals surface area (Å²) in [6.45, 7) is 3.70. The van der Waals surface area contributed by atoms with Gasteiger partial charge in [0.2, 0.25) is 11.8 Å². The van der Waals surface area contributed by atoms with E-state index in [9.17, 15) is 9.59 Å². The Balaban J connectivity index is 2.10. The minimum Gasteiger partial charge on any atom is -0.354 e. The summed E-state index contributed by atoms with van der Waals surface area (Å²) >= 11 is 0. The first-order valence-electron chi connectivity index (χ1n) is 6.82. The fourth-order valence-corrected chi connectivity index (χ4v) is 2.45. The Morgan fingerprint density at radius 3 is 2.74 bits per heavy atom. The van der Waals surface area contributed by atoms with Gasteiger partial charge in [0.25, 0.3) is 0 Å². The molecule has 1 aromatic carbocycles. The van der Waals surface area contributed by atoms with Crippen molar-refractivity contribution in [2.75, 3.05) is 19.6 Å². The van der Waals surface area contributed by atoms with Crippen molar-refractivity contribution >= 4 is 11.8 Å². The highest BCUT2D eigenvalue weighted by Crippen LogP contribution is 2.22. The maximum absolute atomic E-state index is 12.6. The van der Waals surface area contributed by atoms with E-state index in [1.807, 2.05) is 37.3 Å². The number of rotatable bonds is 3. The summed E-state index contributed by atoms with van der Waals surface area (Å²) in [4.78, 5) is 25.7. The van der Waals surface area contributed by atoms with Gasteiger partial charge in [-0.1, -0.05) is 37.3 Å². The van der Waals surface area contributed by atoms with Gasteiger partial charge in [-0.2, -0.15) is 0 Å². The van der Waals surface area contributed by atoms with E-state index in [2.05, 4.69) is 5.32 Å². The number of hydrogen-bond acceptors (Lipinski definition) is 2. The van der Waals surface area contributed by atoms with Gasteiger partial charge in [-0.25, -0.2) is 0 Å². The molecular formula is C15H20N2O2. The van der Waals surface area contributed by atoms with E-state index in [1.54, 1.807) is 4.90 Å². The maximum Gasteiger partial charge on any atom is 0.230 e. The van der Waals surface area contributed by atoms with Gasteiger partial charge in [0.1, 0.15) is 0 Å². The summed E-state index contributed by atoms with van der Waals surface area (Å²) in [6.07, 6.45) is 1.18. The molecule has 1 unspecified atom stereocenters. The summed E-state index contributed by atoms with van der Waals surface area (Å²) < 4.78 is 0. The average molecular weight is 260 g/mol. The zero-order valence-electron chi connectivity index (χ0n) is 11.3. The lowest BCUT2D eigenvalue weighted by Gasteiger charge is -2.25. The van der Waals surface area contributed by atoms with Gasteiger partial charge < -0.3 is 10.2 Å². The molecule has 1 aromatic rings. The topological polar surface area (TPSA) is 49.4 Å². The fraction of sp³-hybridized carbons (Fsp3) is 0.467. The predicted molar refractivity (Wildman–Crippen MR) is 73.7 cm³/mol.